The second-order valence-corrected chi connectivity index (χ2v) is 4.20. The van der Waals surface area contributed by atoms with Crippen molar-refractivity contribution in [2.24, 2.45) is 16.5 Å². The van der Waals surface area contributed by atoms with Gasteiger partial charge in [0.05, 0.1) is 10.6 Å². The van der Waals surface area contributed by atoms with Gasteiger partial charge in [-0.1, -0.05) is 17.7 Å². The topological polar surface area (TPSA) is 108 Å². The third-order valence-electron chi connectivity index (χ3n) is 2.28. The number of nitrogens with two attached hydrogens (primary N) is 2. The minimum atomic E-state index is -1.81. The largest absolute Gasteiger partial charge is 0.398 e. The van der Waals surface area contributed by atoms with Gasteiger partial charge in [0.1, 0.15) is 19.5 Å². The Morgan fingerprint density at radius 3 is 2.67 bits per heavy atom. The molecule has 1 unspecified atom stereocenters. The van der Waals surface area contributed by atoms with Gasteiger partial charge in [0.2, 0.25) is 0 Å². The number of hydrogen-bond donors (Lipinski definition) is 3. The molecule has 21 heavy (non-hydrogen) atoms. The lowest BCUT2D eigenvalue weighted by Crippen LogP contribution is -2.35. The SMILES string of the molecule is C#C.[B]C(O)(CN)/N=C/C=C(\N)c1ccc(C#N)c(Cl)c1. The summed E-state index contributed by atoms with van der Waals surface area (Å²) in [5.74, 6) is 0. The standard InChI is InChI=1S/C12H12BClN4O.C2H2/c13-12(19,7-16)18-4-3-11(17)8-1-2-9(6-15)10(14)5-8;1-2/h1-5,19H,7,16-17H2;1-2H/b11-3-,18-4+;. The lowest BCUT2D eigenvalue weighted by atomic mass is 9.92. The van der Waals surface area contributed by atoms with E-state index in [-0.39, 0.29) is 6.54 Å². The molecule has 0 saturated carbocycles. The summed E-state index contributed by atoms with van der Waals surface area (Å²) >= 11 is 5.89. The van der Waals surface area contributed by atoms with Gasteiger partial charge < -0.3 is 16.6 Å². The number of halogens is 1. The van der Waals surface area contributed by atoms with Crippen molar-refractivity contribution in [1.29, 1.82) is 5.26 Å². The molecule has 0 fully saturated rings. The predicted molar refractivity (Wildman–Crippen MR) is 86.5 cm³/mol. The van der Waals surface area contributed by atoms with Gasteiger partial charge in [0, 0.05) is 18.5 Å². The highest BCUT2D eigenvalue weighted by Crippen LogP contribution is 2.19. The van der Waals surface area contributed by atoms with Gasteiger partial charge >= 0.3 is 0 Å². The maximum absolute atomic E-state index is 9.35. The Morgan fingerprint density at radius 2 is 2.19 bits per heavy atom. The smallest absolute Gasteiger partial charge is 0.148 e. The van der Waals surface area contributed by atoms with Crippen LogP contribution >= 0.6 is 11.6 Å². The normalized spacial score (nSPS) is 13.8. The summed E-state index contributed by atoms with van der Waals surface area (Å²) in [7, 11) is 5.31. The van der Waals surface area contributed by atoms with Crippen LogP contribution in [0.25, 0.3) is 5.70 Å². The number of nitrogens with zero attached hydrogens (tertiary/aromatic N) is 2. The average molecular weight is 301 g/mol. The monoisotopic (exact) mass is 300 g/mol. The van der Waals surface area contributed by atoms with Crippen molar-refractivity contribution in [1.82, 2.24) is 0 Å². The van der Waals surface area contributed by atoms with Crippen LogP contribution in [-0.2, 0) is 0 Å². The maximum Gasteiger partial charge on any atom is 0.148 e. The second kappa shape index (κ2) is 8.83. The quantitative estimate of drug-likeness (QED) is 0.430. The molecule has 1 aromatic rings. The molecule has 0 bridgehead atoms. The molecular formula is C14H14BClN4O. The van der Waals surface area contributed by atoms with Gasteiger partial charge in [0.25, 0.3) is 0 Å². The first-order valence-corrected chi connectivity index (χ1v) is 6.03. The number of nitriles is 1. The third kappa shape index (κ3) is 6.16. The fourth-order valence-corrected chi connectivity index (χ4v) is 1.40. The Hall–Kier alpha value is -2.25. The summed E-state index contributed by atoms with van der Waals surface area (Å²) in [6.45, 7) is -0.208. The van der Waals surface area contributed by atoms with E-state index in [4.69, 9.17) is 36.2 Å². The molecule has 1 rings (SSSR count). The molecule has 0 heterocycles. The molecule has 106 valence electrons. The van der Waals surface area contributed by atoms with Crippen LogP contribution in [0.15, 0.2) is 29.3 Å². The number of aliphatic imine (C=N–C) groups is 1. The number of terminal acetylenes is 1. The molecule has 2 radical (unpaired) electrons. The van der Waals surface area contributed by atoms with Crippen LogP contribution in [0.3, 0.4) is 0 Å². The van der Waals surface area contributed by atoms with Crippen LogP contribution in [0.2, 0.25) is 5.02 Å². The van der Waals surface area contributed by atoms with E-state index in [0.717, 1.165) is 0 Å². The first-order chi connectivity index (χ1) is 9.89. The highest BCUT2D eigenvalue weighted by Gasteiger charge is 2.12. The predicted octanol–water partition coefficient (Wildman–Crippen LogP) is 0.605. The highest BCUT2D eigenvalue weighted by atomic mass is 35.5. The Morgan fingerprint density at radius 1 is 1.57 bits per heavy atom. The van der Waals surface area contributed by atoms with Crippen molar-refractivity contribution in [2.45, 2.75) is 5.62 Å². The van der Waals surface area contributed by atoms with E-state index in [1.54, 1.807) is 18.2 Å². The summed E-state index contributed by atoms with van der Waals surface area (Å²) in [5, 5.41) is 18.4. The summed E-state index contributed by atoms with van der Waals surface area (Å²) in [5.41, 5.74) is 10.6. The fourth-order valence-electron chi connectivity index (χ4n) is 1.18. The first-order valence-electron chi connectivity index (χ1n) is 5.65. The van der Waals surface area contributed by atoms with Gasteiger partial charge in [-0.3, -0.25) is 4.99 Å². The van der Waals surface area contributed by atoms with Gasteiger partial charge in [-0.25, -0.2) is 0 Å². The zero-order valence-corrected chi connectivity index (χ0v) is 12.0. The van der Waals surface area contributed by atoms with Gasteiger partial charge in [0.15, 0.2) is 0 Å². The number of allylic oxidation sites excluding steroid dienone is 1. The van der Waals surface area contributed by atoms with E-state index in [1.807, 2.05) is 6.07 Å². The van der Waals surface area contributed by atoms with Crippen LogP contribution in [0.5, 0.6) is 0 Å². The van der Waals surface area contributed by atoms with Crippen LogP contribution in [-0.4, -0.2) is 31.3 Å². The van der Waals surface area contributed by atoms with Gasteiger partial charge in [-0.15, -0.1) is 12.8 Å². The molecule has 0 aliphatic heterocycles. The minimum absolute atomic E-state index is 0.208. The van der Waals surface area contributed by atoms with Crippen LogP contribution in [0.1, 0.15) is 11.1 Å². The average Bonchev–Trinajstić information content (AvgIpc) is 2.49. The molecule has 5 N–H and O–H groups in total. The number of benzene rings is 1. The molecule has 0 aliphatic carbocycles. The van der Waals surface area contributed by atoms with Crippen LogP contribution < -0.4 is 11.5 Å². The maximum atomic E-state index is 9.35. The molecule has 1 aromatic carbocycles. The van der Waals surface area contributed by atoms with Crippen molar-refractivity contribution in [3.63, 3.8) is 0 Å². The molecule has 0 spiro atoms. The molecule has 0 amide bonds. The summed E-state index contributed by atoms with van der Waals surface area (Å²) in [6, 6.07) is 6.74. The lowest BCUT2D eigenvalue weighted by Gasteiger charge is -2.14. The van der Waals surface area contributed by atoms with Crippen LogP contribution in [0, 0.1) is 24.2 Å². The van der Waals surface area contributed by atoms with Gasteiger partial charge in [-0.2, -0.15) is 5.26 Å². The van der Waals surface area contributed by atoms with E-state index in [1.165, 1.54) is 12.3 Å². The van der Waals surface area contributed by atoms with Crippen molar-refractivity contribution < 1.29 is 5.11 Å². The number of aliphatic hydroxyl groups is 1. The van der Waals surface area contributed by atoms with Crippen molar-refractivity contribution in [3.05, 3.63) is 40.4 Å². The first kappa shape index (κ1) is 18.8. The van der Waals surface area contributed by atoms with E-state index >= 15 is 0 Å². The molecule has 5 nitrogen and oxygen atoms in total. The second-order valence-electron chi connectivity index (χ2n) is 3.79. The fraction of sp³-hybridized carbons (Fsp3) is 0.143. The van der Waals surface area contributed by atoms with E-state index in [9.17, 15) is 5.11 Å². The molecule has 0 aliphatic rings. The van der Waals surface area contributed by atoms with Gasteiger partial charge in [-0.05, 0) is 23.8 Å². The Kier molecular flexibility index (Phi) is 7.89. The van der Waals surface area contributed by atoms with E-state index in [2.05, 4.69) is 17.8 Å². The summed E-state index contributed by atoms with van der Waals surface area (Å²) < 4.78 is 0. The van der Waals surface area contributed by atoms with Crippen LogP contribution in [0.4, 0.5) is 0 Å². The zero-order valence-electron chi connectivity index (χ0n) is 11.2. The number of rotatable bonds is 4. The lowest BCUT2D eigenvalue weighted by molar-refractivity contribution is 0.148. The molecule has 7 heteroatoms. The van der Waals surface area contributed by atoms with Crippen molar-refractivity contribution in [2.75, 3.05) is 6.54 Å². The third-order valence-corrected chi connectivity index (χ3v) is 2.59. The van der Waals surface area contributed by atoms with E-state index in [0.29, 0.717) is 21.8 Å². The zero-order chi connectivity index (χ0) is 16.5. The Labute approximate surface area is 130 Å². The number of hydrogen-bond acceptors (Lipinski definition) is 5. The van der Waals surface area contributed by atoms with Crippen molar-refractivity contribution >= 4 is 31.4 Å². The molecule has 1 atom stereocenters. The highest BCUT2D eigenvalue weighted by molar-refractivity contribution is 6.31. The molecular weight excluding hydrogens is 286 g/mol. The molecule has 0 aromatic heterocycles. The van der Waals surface area contributed by atoms with E-state index < -0.39 is 5.62 Å². The molecule has 0 saturated heterocycles. The Bertz CT molecular complexity index is 603. The summed E-state index contributed by atoms with van der Waals surface area (Å²) in [4.78, 5) is 3.64. The van der Waals surface area contributed by atoms with Crippen molar-refractivity contribution in [3.8, 4) is 18.9 Å². The Balaban J connectivity index is 0.00000191. The minimum Gasteiger partial charge on any atom is -0.398 e. The summed E-state index contributed by atoms with van der Waals surface area (Å²) in [6.07, 6.45) is 10.7.